The predicted molar refractivity (Wildman–Crippen MR) is 78.7 cm³/mol. The number of morpholine rings is 1. The zero-order valence-corrected chi connectivity index (χ0v) is 13.0. The monoisotopic (exact) mass is 294 g/mol. The van der Waals surface area contributed by atoms with Gasteiger partial charge in [-0.1, -0.05) is 19.3 Å². The summed E-state index contributed by atoms with van der Waals surface area (Å²) < 4.78 is 6.03. The number of rotatable bonds is 1. The molecule has 0 aromatic carbocycles. The molecule has 1 aliphatic carbocycles. The van der Waals surface area contributed by atoms with Crippen LogP contribution in [0.15, 0.2) is 0 Å². The molecule has 0 radical (unpaired) electrons. The van der Waals surface area contributed by atoms with Crippen molar-refractivity contribution < 1.29 is 14.3 Å². The molecule has 2 aliphatic heterocycles. The van der Waals surface area contributed by atoms with Gasteiger partial charge in [0.25, 0.3) is 0 Å². The Kier molecular flexibility index (Phi) is 4.20. The van der Waals surface area contributed by atoms with Gasteiger partial charge in [0.1, 0.15) is 5.92 Å². The molecule has 5 nitrogen and oxygen atoms in total. The second-order valence-electron chi connectivity index (χ2n) is 6.81. The lowest BCUT2D eigenvalue weighted by atomic mass is 9.83. The first-order chi connectivity index (χ1) is 10.1. The molecule has 3 rings (SSSR count). The van der Waals surface area contributed by atoms with Crippen LogP contribution in [0.5, 0.6) is 0 Å². The van der Waals surface area contributed by atoms with Gasteiger partial charge in [-0.25, -0.2) is 0 Å². The molecular weight excluding hydrogens is 268 g/mol. The van der Waals surface area contributed by atoms with Crippen molar-refractivity contribution in [2.45, 2.75) is 50.5 Å². The van der Waals surface area contributed by atoms with E-state index in [0.29, 0.717) is 26.1 Å². The van der Waals surface area contributed by atoms with Gasteiger partial charge in [-0.05, 0) is 25.7 Å². The van der Waals surface area contributed by atoms with E-state index in [1.54, 1.807) is 11.9 Å². The number of piperidine rings is 1. The fourth-order valence-electron chi connectivity index (χ4n) is 4.01. The molecular formula is C16H26N2O3. The van der Waals surface area contributed by atoms with Crippen molar-refractivity contribution in [3.8, 4) is 0 Å². The van der Waals surface area contributed by atoms with E-state index in [1.807, 2.05) is 4.90 Å². The second-order valence-corrected chi connectivity index (χ2v) is 6.81. The van der Waals surface area contributed by atoms with Gasteiger partial charge in [0, 0.05) is 26.7 Å². The number of carbonyl (C=O) groups is 2. The van der Waals surface area contributed by atoms with Crippen LogP contribution in [0, 0.1) is 5.92 Å². The summed E-state index contributed by atoms with van der Waals surface area (Å²) in [6, 6.07) is 0. The number of likely N-dealkylation sites (tertiary alicyclic amines) is 1. The third kappa shape index (κ3) is 2.93. The van der Waals surface area contributed by atoms with Crippen LogP contribution in [0.1, 0.15) is 44.9 Å². The lowest BCUT2D eigenvalue weighted by Gasteiger charge is -2.46. The highest BCUT2D eigenvalue weighted by atomic mass is 16.5. The maximum atomic E-state index is 12.8. The maximum absolute atomic E-state index is 12.8. The number of nitrogens with zero attached hydrogens (tertiary/aromatic N) is 2. The molecule has 3 aliphatic rings. The van der Waals surface area contributed by atoms with Gasteiger partial charge in [-0.3, -0.25) is 9.59 Å². The van der Waals surface area contributed by atoms with Crippen molar-refractivity contribution in [1.29, 1.82) is 0 Å². The largest absolute Gasteiger partial charge is 0.371 e. The van der Waals surface area contributed by atoms with Gasteiger partial charge >= 0.3 is 0 Å². The molecule has 118 valence electrons. The third-order valence-electron chi connectivity index (χ3n) is 5.28. The highest BCUT2D eigenvalue weighted by Gasteiger charge is 2.42. The SMILES string of the molecule is CN1CCC[C@@H](C(=O)N2CCOC3(CCCCC3)C2)C1=O. The first-order valence-corrected chi connectivity index (χ1v) is 8.29. The van der Waals surface area contributed by atoms with Gasteiger partial charge in [-0.15, -0.1) is 0 Å². The van der Waals surface area contributed by atoms with E-state index in [4.69, 9.17) is 4.74 Å². The van der Waals surface area contributed by atoms with E-state index in [-0.39, 0.29) is 17.4 Å². The maximum Gasteiger partial charge on any atom is 0.235 e. The Bertz CT molecular complexity index is 412. The first-order valence-electron chi connectivity index (χ1n) is 8.29. The molecule has 5 heteroatoms. The summed E-state index contributed by atoms with van der Waals surface area (Å²) in [4.78, 5) is 28.6. The van der Waals surface area contributed by atoms with Crippen LogP contribution in [0.4, 0.5) is 0 Å². The van der Waals surface area contributed by atoms with Crippen LogP contribution in [0.3, 0.4) is 0 Å². The Morgan fingerprint density at radius 1 is 1.19 bits per heavy atom. The van der Waals surface area contributed by atoms with Crippen molar-refractivity contribution in [2.24, 2.45) is 5.92 Å². The number of carbonyl (C=O) groups excluding carboxylic acids is 2. The first kappa shape index (κ1) is 14.8. The number of hydrogen-bond acceptors (Lipinski definition) is 3. The summed E-state index contributed by atoms with van der Waals surface area (Å²) in [6.45, 7) is 2.70. The smallest absolute Gasteiger partial charge is 0.235 e. The van der Waals surface area contributed by atoms with E-state index in [2.05, 4.69) is 0 Å². The Morgan fingerprint density at radius 2 is 1.95 bits per heavy atom. The summed E-state index contributed by atoms with van der Waals surface area (Å²) in [5.74, 6) is -0.433. The van der Waals surface area contributed by atoms with Gasteiger partial charge in [0.15, 0.2) is 0 Å². The summed E-state index contributed by atoms with van der Waals surface area (Å²) in [5.41, 5.74) is -0.129. The average Bonchev–Trinajstić information content (AvgIpc) is 2.50. The standard InChI is InChI=1S/C16H26N2O3/c1-17-9-5-6-13(14(17)19)15(20)18-10-11-21-16(12-18)7-3-2-4-8-16/h13H,2-12H2,1H3/t13-/m1/s1. The molecule has 21 heavy (non-hydrogen) atoms. The molecule has 1 saturated carbocycles. The molecule has 0 aromatic heterocycles. The topological polar surface area (TPSA) is 49.9 Å². The highest BCUT2D eigenvalue weighted by molar-refractivity contribution is 6.00. The van der Waals surface area contributed by atoms with E-state index >= 15 is 0 Å². The van der Waals surface area contributed by atoms with Crippen LogP contribution >= 0.6 is 0 Å². The summed E-state index contributed by atoms with van der Waals surface area (Å²) in [5, 5.41) is 0. The Balaban J connectivity index is 1.68. The lowest BCUT2D eigenvalue weighted by Crippen LogP contribution is -2.57. The van der Waals surface area contributed by atoms with Crippen LogP contribution in [-0.4, -0.2) is 60.5 Å². The second kappa shape index (κ2) is 5.95. The molecule has 0 aromatic rings. The van der Waals surface area contributed by atoms with Gasteiger partial charge < -0.3 is 14.5 Å². The number of ether oxygens (including phenoxy) is 1. The quantitative estimate of drug-likeness (QED) is 0.687. The minimum atomic E-state index is -0.456. The van der Waals surface area contributed by atoms with Crippen LogP contribution in [0.25, 0.3) is 0 Å². The minimum absolute atomic E-state index is 0.00423. The zero-order valence-electron chi connectivity index (χ0n) is 13.0. The van der Waals surface area contributed by atoms with Crippen molar-refractivity contribution in [3.05, 3.63) is 0 Å². The number of hydrogen-bond donors (Lipinski definition) is 0. The van der Waals surface area contributed by atoms with Crippen molar-refractivity contribution in [3.63, 3.8) is 0 Å². The fraction of sp³-hybridized carbons (Fsp3) is 0.875. The molecule has 1 atom stereocenters. The average molecular weight is 294 g/mol. The van der Waals surface area contributed by atoms with Crippen LogP contribution in [0.2, 0.25) is 0 Å². The minimum Gasteiger partial charge on any atom is -0.371 e. The Hall–Kier alpha value is -1.10. The Labute approximate surface area is 126 Å². The van der Waals surface area contributed by atoms with Crippen LogP contribution in [-0.2, 0) is 14.3 Å². The molecule has 2 saturated heterocycles. The predicted octanol–water partition coefficient (Wildman–Crippen LogP) is 1.42. The van der Waals surface area contributed by atoms with E-state index in [9.17, 15) is 9.59 Å². The normalized spacial score (nSPS) is 29.8. The van der Waals surface area contributed by atoms with Gasteiger partial charge in [0.2, 0.25) is 11.8 Å². The van der Waals surface area contributed by atoms with Crippen LogP contribution < -0.4 is 0 Å². The summed E-state index contributed by atoms with van der Waals surface area (Å²) in [6.07, 6.45) is 7.37. The molecule has 3 fully saturated rings. The van der Waals surface area contributed by atoms with Gasteiger partial charge in [-0.2, -0.15) is 0 Å². The fourth-order valence-corrected chi connectivity index (χ4v) is 4.01. The van der Waals surface area contributed by atoms with Crippen molar-refractivity contribution >= 4 is 11.8 Å². The molecule has 2 heterocycles. The van der Waals surface area contributed by atoms with E-state index in [1.165, 1.54) is 19.3 Å². The van der Waals surface area contributed by atoms with Crippen molar-refractivity contribution in [2.75, 3.05) is 33.3 Å². The molecule has 0 unspecified atom stereocenters. The summed E-state index contributed by atoms with van der Waals surface area (Å²) in [7, 11) is 1.80. The molecule has 2 amide bonds. The summed E-state index contributed by atoms with van der Waals surface area (Å²) >= 11 is 0. The van der Waals surface area contributed by atoms with Gasteiger partial charge in [0.05, 0.1) is 12.2 Å². The third-order valence-corrected chi connectivity index (χ3v) is 5.28. The van der Waals surface area contributed by atoms with E-state index in [0.717, 1.165) is 25.8 Å². The lowest BCUT2D eigenvalue weighted by molar-refractivity contribution is -0.164. The molecule has 0 bridgehead atoms. The highest BCUT2D eigenvalue weighted by Crippen LogP contribution is 2.35. The number of amides is 2. The molecule has 1 spiro atoms. The zero-order chi connectivity index (χ0) is 14.9. The molecule has 0 N–H and O–H groups in total. The van der Waals surface area contributed by atoms with Crippen molar-refractivity contribution in [1.82, 2.24) is 9.80 Å². The Morgan fingerprint density at radius 3 is 2.71 bits per heavy atom. The van der Waals surface area contributed by atoms with E-state index < -0.39 is 5.92 Å².